The third kappa shape index (κ3) is 3.46. The molecule has 0 nitrogen and oxygen atoms in total. The van der Waals surface area contributed by atoms with Crippen LogP contribution in [0.1, 0.15) is 46.0 Å². The molecule has 0 aromatic rings. The van der Waals surface area contributed by atoms with Gasteiger partial charge in [-0.15, -0.1) is 11.6 Å². The quantitative estimate of drug-likeness (QED) is 0.559. The van der Waals surface area contributed by atoms with Crippen molar-refractivity contribution < 1.29 is 0 Å². The van der Waals surface area contributed by atoms with E-state index in [9.17, 15) is 0 Å². The van der Waals surface area contributed by atoms with Gasteiger partial charge in [0.15, 0.2) is 0 Å². The maximum atomic E-state index is 5.96. The van der Waals surface area contributed by atoms with Crippen molar-refractivity contribution >= 4 is 11.6 Å². The van der Waals surface area contributed by atoms with Crippen LogP contribution >= 0.6 is 11.6 Å². The van der Waals surface area contributed by atoms with Gasteiger partial charge < -0.3 is 0 Å². The van der Waals surface area contributed by atoms with Crippen LogP contribution in [0, 0.1) is 11.8 Å². The first-order valence-corrected chi connectivity index (χ1v) is 5.26. The number of rotatable bonds is 2. The molecule has 1 fully saturated rings. The van der Waals surface area contributed by atoms with E-state index in [0.29, 0.717) is 5.38 Å². The third-order valence-corrected chi connectivity index (χ3v) is 2.88. The molecule has 1 aliphatic carbocycles. The van der Waals surface area contributed by atoms with Crippen molar-refractivity contribution in [1.82, 2.24) is 0 Å². The van der Waals surface area contributed by atoms with Crippen molar-refractivity contribution in [1.29, 1.82) is 0 Å². The summed E-state index contributed by atoms with van der Waals surface area (Å²) in [6.45, 7) is 4.48. The van der Waals surface area contributed by atoms with E-state index in [4.69, 9.17) is 11.6 Å². The zero-order valence-corrected chi connectivity index (χ0v) is 8.40. The van der Waals surface area contributed by atoms with Crippen LogP contribution in [0.3, 0.4) is 0 Å². The molecular weight excluding hydrogens is 156 g/mol. The van der Waals surface area contributed by atoms with E-state index in [1.54, 1.807) is 0 Å². The molecule has 0 aliphatic heterocycles. The Kier molecular flexibility index (Phi) is 3.71. The van der Waals surface area contributed by atoms with Crippen molar-refractivity contribution in [2.45, 2.75) is 51.3 Å². The predicted octanol–water partition coefficient (Wildman–Crippen LogP) is 3.83. The van der Waals surface area contributed by atoms with Gasteiger partial charge in [0.25, 0.3) is 0 Å². The molecule has 0 aromatic heterocycles. The van der Waals surface area contributed by atoms with E-state index in [0.717, 1.165) is 11.8 Å². The molecule has 0 radical (unpaired) electrons. The van der Waals surface area contributed by atoms with Gasteiger partial charge >= 0.3 is 0 Å². The van der Waals surface area contributed by atoms with Gasteiger partial charge in [0.1, 0.15) is 0 Å². The summed E-state index contributed by atoms with van der Waals surface area (Å²) in [4.78, 5) is 0. The van der Waals surface area contributed by atoms with Crippen molar-refractivity contribution in [2.24, 2.45) is 11.8 Å². The SMILES string of the molecule is CC(Cl)CC1CCCC(C)C1. The Balaban J connectivity index is 2.23. The summed E-state index contributed by atoms with van der Waals surface area (Å²) in [5.41, 5.74) is 0. The fraction of sp³-hybridized carbons (Fsp3) is 1.00. The Labute approximate surface area is 75.3 Å². The fourth-order valence-electron chi connectivity index (χ4n) is 2.23. The monoisotopic (exact) mass is 174 g/mol. The molecule has 11 heavy (non-hydrogen) atoms. The van der Waals surface area contributed by atoms with Crippen LogP contribution in [0.25, 0.3) is 0 Å². The summed E-state index contributed by atoms with van der Waals surface area (Å²) in [6, 6.07) is 0. The Bertz CT molecular complexity index is 107. The van der Waals surface area contributed by atoms with Gasteiger partial charge in [0.05, 0.1) is 0 Å². The minimum Gasteiger partial charge on any atom is -0.123 e. The van der Waals surface area contributed by atoms with E-state index in [-0.39, 0.29) is 0 Å². The summed E-state index contributed by atoms with van der Waals surface area (Å²) in [5, 5.41) is 0.380. The standard InChI is InChI=1S/C10H19Cl/c1-8-4-3-5-10(6-8)7-9(2)11/h8-10H,3-7H2,1-2H3. The lowest BCUT2D eigenvalue weighted by Crippen LogP contribution is -2.15. The zero-order chi connectivity index (χ0) is 8.27. The predicted molar refractivity (Wildman–Crippen MR) is 51.1 cm³/mol. The van der Waals surface area contributed by atoms with Crippen LogP contribution in [-0.2, 0) is 0 Å². The van der Waals surface area contributed by atoms with Gasteiger partial charge in [0, 0.05) is 5.38 Å². The molecule has 1 saturated carbocycles. The molecule has 0 N–H and O–H groups in total. The van der Waals surface area contributed by atoms with Crippen LogP contribution in [0.5, 0.6) is 0 Å². The second-order valence-corrected chi connectivity index (χ2v) is 4.90. The van der Waals surface area contributed by atoms with E-state index < -0.39 is 0 Å². The van der Waals surface area contributed by atoms with Gasteiger partial charge in [-0.25, -0.2) is 0 Å². The molecule has 0 spiro atoms. The molecule has 1 heteroatoms. The molecule has 0 saturated heterocycles. The lowest BCUT2D eigenvalue weighted by atomic mass is 9.80. The number of alkyl halides is 1. The second-order valence-electron chi connectivity index (χ2n) is 4.15. The van der Waals surface area contributed by atoms with Crippen LogP contribution < -0.4 is 0 Å². The third-order valence-electron chi connectivity index (χ3n) is 2.70. The number of hydrogen-bond acceptors (Lipinski definition) is 0. The second kappa shape index (κ2) is 4.35. The summed E-state index contributed by atoms with van der Waals surface area (Å²) in [7, 11) is 0. The Morgan fingerprint density at radius 1 is 1.45 bits per heavy atom. The molecule has 0 bridgehead atoms. The Morgan fingerprint density at radius 2 is 2.18 bits per heavy atom. The summed E-state index contributed by atoms with van der Waals surface area (Å²) in [6.07, 6.45) is 6.92. The molecule has 66 valence electrons. The molecule has 0 heterocycles. The van der Waals surface area contributed by atoms with Crippen molar-refractivity contribution in [3.05, 3.63) is 0 Å². The van der Waals surface area contributed by atoms with Gasteiger partial charge in [0.2, 0.25) is 0 Å². The highest BCUT2D eigenvalue weighted by Crippen LogP contribution is 2.32. The molecule has 0 amide bonds. The largest absolute Gasteiger partial charge is 0.123 e. The molecule has 1 rings (SSSR count). The molecule has 3 unspecified atom stereocenters. The minimum atomic E-state index is 0.380. The van der Waals surface area contributed by atoms with E-state index in [1.807, 2.05) is 0 Å². The first-order chi connectivity index (χ1) is 5.18. The lowest BCUT2D eigenvalue weighted by molar-refractivity contribution is 0.269. The molecular formula is C10H19Cl. The van der Waals surface area contributed by atoms with Crippen LogP contribution in [0.15, 0.2) is 0 Å². The lowest BCUT2D eigenvalue weighted by Gasteiger charge is -2.27. The Hall–Kier alpha value is 0.290. The maximum absolute atomic E-state index is 5.96. The van der Waals surface area contributed by atoms with E-state index in [2.05, 4.69) is 13.8 Å². The normalized spacial score (nSPS) is 35.2. The average Bonchev–Trinajstić information content (AvgIpc) is 1.85. The van der Waals surface area contributed by atoms with E-state index in [1.165, 1.54) is 32.1 Å². The number of halogens is 1. The van der Waals surface area contributed by atoms with Gasteiger partial charge in [-0.2, -0.15) is 0 Å². The van der Waals surface area contributed by atoms with Crippen LogP contribution in [0.4, 0.5) is 0 Å². The maximum Gasteiger partial charge on any atom is 0.0310 e. The highest BCUT2D eigenvalue weighted by atomic mass is 35.5. The topological polar surface area (TPSA) is 0 Å². The summed E-state index contributed by atoms with van der Waals surface area (Å²) >= 11 is 5.96. The fourth-order valence-corrected chi connectivity index (χ4v) is 2.49. The first-order valence-electron chi connectivity index (χ1n) is 4.82. The van der Waals surface area contributed by atoms with Crippen LogP contribution in [0.2, 0.25) is 0 Å². The van der Waals surface area contributed by atoms with Gasteiger partial charge in [-0.05, 0) is 31.6 Å². The molecule has 3 atom stereocenters. The summed E-state index contributed by atoms with van der Waals surface area (Å²) < 4.78 is 0. The minimum absolute atomic E-state index is 0.380. The van der Waals surface area contributed by atoms with E-state index >= 15 is 0 Å². The van der Waals surface area contributed by atoms with Gasteiger partial charge in [-0.1, -0.05) is 26.2 Å². The van der Waals surface area contributed by atoms with Gasteiger partial charge in [-0.3, -0.25) is 0 Å². The van der Waals surface area contributed by atoms with Crippen molar-refractivity contribution in [2.75, 3.05) is 0 Å². The van der Waals surface area contributed by atoms with Crippen molar-refractivity contribution in [3.8, 4) is 0 Å². The average molecular weight is 175 g/mol. The van der Waals surface area contributed by atoms with Crippen molar-refractivity contribution in [3.63, 3.8) is 0 Å². The highest BCUT2D eigenvalue weighted by Gasteiger charge is 2.19. The van der Waals surface area contributed by atoms with Crippen LogP contribution in [-0.4, -0.2) is 5.38 Å². The zero-order valence-electron chi connectivity index (χ0n) is 7.65. The highest BCUT2D eigenvalue weighted by molar-refractivity contribution is 6.20. The Morgan fingerprint density at radius 3 is 2.73 bits per heavy atom. The molecule has 0 aromatic carbocycles. The summed E-state index contributed by atoms with van der Waals surface area (Å²) in [5.74, 6) is 1.87. The number of hydrogen-bond donors (Lipinski definition) is 0. The first kappa shape index (κ1) is 9.38. The smallest absolute Gasteiger partial charge is 0.0310 e. The molecule has 1 aliphatic rings.